The fourth-order valence-corrected chi connectivity index (χ4v) is 1.78. The van der Waals surface area contributed by atoms with E-state index >= 15 is 0 Å². The number of anilines is 1. The molecule has 0 spiro atoms. The van der Waals surface area contributed by atoms with Crippen LogP contribution >= 0.6 is 35.6 Å². The Labute approximate surface area is 102 Å². The van der Waals surface area contributed by atoms with Gasteiger partial charge in [0.25, 0.3) is 0 Å². The molecule has 1 rings (SSSR count). The van der Waals surface area contributed by atoms with Crippen LogP contribution in [0.2, 0.25) is 5.02 Å². The van der Waals surface area contributed by atoms with Gasteiger partial charge in [0.1, 0.15) is 10.9 Å². The molecule has 0 aliphatic carbocycles. The van der Waals surface area contributed by atoms with Crippen LogP contribution < -0.4 is 5.32 Å². The first kappa shape index (κ1) is 12.4. The fraction of sp³-hybridized carbons (Fsp3) is 0.111. The minimum atomic E-state index is -0.521. The highest BCUT2D eigenvalue weighted by atomic mass is 35.5. The van der Waals surface area contributed by atoms with Gasteiger partial charge in [0.15, 0.2) is 0 Å². The van der Waals surface area contributed by atoms with Gasteiger partial charge >= 0.3 is 0 Å². The number of carbonyl (C=O) groups is 1. The van der Waals surface area contributed by atoms with Crippen molar-refractivity contribution in [3.8, 4) is 0 Å². The van der Waals surface area contributed by atoms with Crippen LogP contribution in [0.5, 0.6) is 0 Å². The number of rotatable bonds is 2. The van der Waals surface area contributed by atoms with Gasteiger partial charge < -0.3 is 10.4 Å². The topological polar surface area (TPSA) is 49.3 Å². The average molecular weight is 262 g/mol. The number of thiocarbonyl (C=S) groups is 1. The maximum atomic E-state index is 10.8. The van der Waals surface area contributed by atoms with E-state index in [0.717, 1.165) is 17.4 Å². The van der Waals surface area contributed by atoms with Crippen molar-refractivity contribution in [1.82, 2.24) is 0 Å². The van der Waals surface area contributed by atoms with Gasteiger partial charge in [-0.15, -0.1) is 0 Å². The third kappa shape index (κ3) is 4.61. The lowest BCUT2D eigenvalue weighted by atomic mass is 10.3. The second kappa shape index (κ2) is 6.07. The first-order valence-electron chi connectivity index (χ1n) is 4.00. The average Bonchev–Trinajstić information content (AvgIpc) is 2.21. The van der Waals surface area contributed by atoms with Crippen molar-refractivity contribution in [3.05, 3.63) is 29.3 Å². The minimum Gasteiger partial charge on any atom is -0.388 e. The van der Waals surface area contributed by atoms with Crippen molar-refractivity contribution < 1.29 is 9.90 Å². The van der Waals surface area contributed by atoms with Crippen molar-refractivity contribution in [2.24, 2.45) is 0 Å². The molecular formula is C9H8ClNO2S2. The number of hydrogen-bond donors (Lipinski definition) is 2. The molecule has 0 heterocycles. The Kier molecular flexibility index (Phi) is 5.04. The molecule has 0 bridgehead atoms. The van der Waals surface area contributed by atoms with Gasteiger partial charge in [-0.2, -0.15) is 0 Å². The summed E-state index contributed by atoms with van der Waals surface area (Å²) in [5.41, 5.74) is 0.752. The monoisotopic (exact) mass is 261 g/mol. The van der Waals surface area contributed by atoms with Gasteiger partial charge in [0.2, 0.25) is 5.12 Å². The second-order valence-corrected chi connectivity index (χ2v) is 4.72. The van der Waals surface area contributed by atoms with Gasteiger partial charge in [-0.25, -0.2) is 0 Å². The summed E-state index contributed by atoms with van der Waals surface area (Å²) in [5, 5.41) is 11.6. The molecule has 0 atom stereocenters. The molecule has 0 saturated heterocycles. The summed E-state index contributed by atoms with van der Waals surface area (Å²) in [4.78, 5) is 10.8. The summed E-state index contributed by atoms with van der Waals surface area (Å²) in [6.45, 7) is -0.521. The molecule has 0 saturated carbocycles. The zero-order valence-corrected chi connectivity index (χ0v) is 9.96. The minimum absolute atomic E-state index is 0.302. The summed E-state index contributed by atoms with van der Waals surface area (Å²) < 4.78 is 0.302. The molecule has 0 unspecified atom stereocenters. The lowest BCUT2D eigenvalue weighted by Crippen LogP contribution is -2.09. The Morgan fingerprint density at radius 3 is 2.60 bits per heavy atom. The van der Waals surface area contributed by atoms with Crippen LogP contribution in [0, 0.1) is 0 Å². The van der Waals surface area contributed by atoms with E-state index in [1.807, 2.05) is 0 Å². The summed E-state index contributed by atoms with van der Waals surface area (Å²) in [7, 11) is 0. The Bertz CT molecular complexity index is 367. The highest BCUT2D eigenvalue weighted by Crippen LogP contribution is 2.15. The lowest BCUT2D eigenvalue weighted by Gasteiger charge is -2.05. The van der Waals surface area contributed by atoms with Crippen molar-refractivity contribution in [3.63, 3.8) is 0 Å². The predicted molar refractivity (Wildman–Crippen MR) is 67.4 cm³/mol. The summed E-state index contributed by atoms with van der Waals surface area (Å²) in [5.74, 6) is 0. The summed E-state index contributed by atoms with van der Waals surface area (Å²) in [6, 6.07) is 6.92. The van der Waals surface area contributed by atoms with Gasteiger partial charge in [0.05, 0.1) is 0 Å². The molecule has 0 radical (unpaired) electrons. The standard InChI is InChI=1S/C9H8ClNO2S2/c10-6-1-3-7(4-2-6)11-9(14)15-8(13)5-12/h1-4,12H,5H2,(H,11,14). The number of aliphatic hydroxyl groups excluding tert-OH is 1. The highest BCUT2D eigenvalue weighted by Gasteiger charge is 2.05. The Hall–Kier alpha value is -0.620. The SMILES string of the molecule is O=C(CO)SC(=S)Nc1ccc(Cl)cc1. The van der Waals surface area contributed by atoms with Crippen LogP contribution in [0.3, 0.4) is 0 Å². The van der Waals surface area contributed by atoms with E-state index < -0.39 is 6.61 Å². The quantitative estimate of drug-likeness (QED) is 0.800. The van der Waals surface area contributed by atoms with Crippen molar-refractivity contribution in [2.75, 3.05) is 11.9 Å². The van der Waals surface area contributed by atoms with E-state index in [4.69, 9.17) is 28.9 Å². The van der Waals surface area contributed by atoms with E-state index in [1.54, 1.807) is 24.3 Å². The smallest absolute Gasteiger partial charge is 0.221 e. The van der Waals surface area contributed by atoms with E-state index in [2.05, 4.69) is 5.32 Å². The van der Waals surface area contributed by atoms with Crippen LogP contribution in [0.1, 0.15) is 0 Å². The number of benzene rings is 1. The van der Waals surface area contributed by atoms with Crippen molar-refractivity contribution in [2.45, 2.75) is 0 Å². The van der Waals surface area contributed by atoms with E-state index in [-0.39, 0.29) is 5.12 Å². The third-order valence-electron chi connectivity index (χ3n) is 1.43. The summed E-state index contributed by atoms with van der Waals surface area (Å²) >= 11 is 11.4. The van der Waals surface area contributed by atoms with Crippen LogP contribution in [0.25, 0.3) is 0 Å². The van der Waals surface area contributed by atoms with E-state index in [0.29, 0.717) is 9.34 Å². The Morgan fingerprint density at radius 1 is 1.47 bits per heavy atom. The Balaban J connectivity index is 2.51. The van der Waals surface area contributed by atoms with Crippen molar-refractivity contribution in [1.29, 1.82) is 0 Å². The van der Waals surface area contributed by atoms with Crippen LogP contribution in [0.4, 0.5) is 5.69 Å². The molecule has 3 nitrogen and oxygen atoms in total. The predicted octanol–water partition coefficient (Wildman–Crippen LogP) is 2.29. The van der Waals surface area contributed by atoms with Crippen molar-refractivity contribution >= 4 is 50.7 Å². The number of nitrogens with one attached hydrogen (secondary N) is 1. The number of aliphatic hydroxyl groups is 1. The van der Waals surface area contributed by atoms with Crippen LogP contribution in [-0.4, -0.2) is 21.1 Å². The lowest BCUT2D eigenvalue weighted by molar-refractivity contribution is -0.113. The van der Waals surface area contributed by atoms with E-state index in [9.17, 15) is 4.79 Å². The molecule has 0 fully saturated rings. The zero-order chi connectivity index (χ0) is 11.3. The van der Waals surface area contributed by atoms with Gasteiger partial charge in [-0.05, 0) is 36.0 Å². The molecule has 6 heteroatoms. The van der Waals surface area contributed by atoms with Gasteiger partial charge in [-0.1, -0.05) is 23.8 Å². The maximum Gasteiger partial charge on any atom is 0.221 e. The van der Waals surface area contributed by atoms with Crippen LogP contribution in [0.15, 0.2) is 24.3 Å². The van der Waals surface area contributed by atoms with Crippen LogP contribution in [-0.2, 0) is 4.79 Å². The Morgan fingerprint density at radius 2 is 2.07 bits per heavy atom. The molecule has 15 heavy (non-hydrogen) atoms. The van der Waals surface area contributed by atoms with Gasteiger partial charge in [0, 0.05) is 10.7 Å². The molecule has 0 aliphatic rings. The molecule has 0 aliphatic heterocycles. The van der Waals surface area contributed by atoms with E-state index in [1.165, 1.54) is 0 Å². The first-order valence-corrected chi connectivity index (χ1v) is 5.60. The zero-order valence-electron chi connectivity index (χ0n) is 7.57. The molecule has 2 N–H and O–H groups in total. The second-order valence-electron chi connectivity index (χ2n) is 2.55. The van der Waals surface area contributed by atoms with Gasteiger partial charge in [-0.3, -0.25) is 4.79 Å². The number of halogens is 1. The molecule has 80 valence electrons. The number of thioether (sulfide) groups is 1. The molecule has 0 aromatic heterocycles. The third-order valence-corrected chi connectivity index (χ3v) is 2.67. The molecule has 1 aromatic carbocycles. The largest absolute Gasteiger partial charge is 0.388 e. The molecular weight excluding hydrogens is 254 g/mol. The number of hydrogen-bond acceptors (Lipinski definition) is 4. The molecule has 1 aromatic rings. The number of carbonyl (C=O) groups excluding carboxylic acids is 1. The normalized spacial score (nSPS) is 9.73. The fourth-order valence-electron chi connectivity index (χ4n) is 0.812. The first-order chi connectivity index (χ1) is 7.11. The summed E-state index contributed by atoms with van der Waals surface area (Å²) in [6.07, 6.45) is 0. The molecule has 0 amide bonds. The highest BCUT2D eigenvalue weighted by molar-refractivity contribution is 8.33. The maximum absolute atomic E-state index is 10.8.